The zero-order chi connectivity index (χ0) is 16.2. The molecule has 2 aromatic rings. The van der Waals surface area contributed by atoms with Gasteiger partial charge in [0.1, 0.15) is 11.5 Å². The van der Waals surface area contributed by atoms with Crippen LogP contribution in [0.4, 0.5) is 0 Å². The number of carbonyl (C=O) groups is 1. The maximum Gasteiger partial charge on any atom is 0.257 e. The van der Waals surface area contributed by atoms with Gasteiger partial charge >= 0.3 is 0 Å². The van der Waals surface area contributed by atoms with E-state index in [-0.39, 0.29) is 5.91 Å². The molecule has 1 atom stereocenters. The van der Waals surface area contributed by atoms with E-state index < -0.39 is 0 Å². The highest BCUT2D eigenvalue weighted by Crippen LogP contribution is 2.29. The molecule has 1 saturated heterocycles. The monoisotopic (exact) mass is 315 g/mol. The van der Waals surface area contributed by atoms with E-state index in [2.05, 4.69) is 10.2 Å². The van der Waals surface area contributed by atoms with E-state index in [0.717, 1.165) is 25.1 Å². The minimum Gasteiger partial charge on any atom is -0.497 e. The van der Waals surface area contributed by atoms with Gasteiger partial charge in [-0.05, 0) is 37.1 Å². The lowest BCUT2D eigenvalue weighted by molar-refractivity contribution is 0.0702. The summed E-state index contributed by atoms with van der Waals surface area (Å²) in [5, 5.41) is 7.02. The third-order valence-electron chi connectivity index (χ3n) is 4.31. The number of ether oxygens (including phenoxy) is 2. The van der Waals surface area contributed by atoms with Gasteiger partial charge in [0.15, 0.2) is 0 Å². The number of methoxy groups -OCH3 is 2. The molecular weight excluding hydrogens is 294 g/mol. The minimum absolute atomic E-state index is 0.0232. The van der Waals surface area contributed by atoms with Crippen molar-refractivity contribution in [2.45, 2.75) is 18.8 Å². The van der Waals surface area contributed by atoms with Gasteiger partial charge in [-0.1, -0.05) is 0 Å². The molecule has 1 amide bonds. The Bertz CT molecular complexity index is 670. The first-order chi connectivity index (χ1) is 11.2. The number of benzene rings is 1. The second-order valence-electron chi connectivity index (χ2n) is 5.67. The van der Waals surface area contributed by atoms with Crippen LogP contribution in [0.25, 0.3) is 0 Å². The molecule has 6 heteroatoms. The Morgan fingerprint density at radius 3 is 2.87 bits per heavy atom. The highest BCUT2D eigenvalue weighted by molar-refractivity contribution is 5.97. The molecule has 3 rings (SSSR count). The van der Waals surface area contributed by atoms with Crippen molar-refractivity contribution in [3.05, 3.63) is 41.7 Å². The summed E-state index contributed by atoms with van der Waals surface area (Å²) >= 11 is 0. The summed E-state index contributed by atoms with van der Waals surface area (Å²) in [6.45, 7) is 1.44. The molecule has 0 spiro atoms. The van der Waals surface area contributed by atoms with E-state index in [1.165, 1.54) is 0 Å². The number of hydrogen-bond acceptors (Lipinski definition) is 4. The maximum absolute atomic E-state index is 12.9. The van der Waals surface area contributed by atoms with E-state index in [4.69, 9.17) is 9.47 Å². The molecule has 0 saturated carbocycles. The standard InChI is InChI=1S/C17H21N3O3/c1-22-13-5-6-16(23-2)14(10-13)17(21)20-9-3-4-12(11-20)15-7-8-18-19-15/h5-8,10,12H,3-4,9,11H2,1-2H3,(H,18,19). The summed E-state index contributed by atoms with van der Waals surface area (Å²) in [7, 11) is 3.16. The van der Waals surface area contributed by atoms with E-state index >= 15 is 0 Å². The van der Waals surface area contributed by atoms with Crippen molar-refractivity contribution in [3.8, 4) is 11.5 Å². The fourth-order valence-corrected chi connectivity index (χ4v) is 3.06. The van der Waals surface area contributed by atoms with Crippen molar-refractivity contribution in [1.82, 2.24) is 15.1 Å². The Labute approximate surface area is 135 Å². The predicted octanol–water partition coefficient (Wildman–Crippen LogP) is 2.45. The summed E-state index contributed by atoms with van der Waals surface area (Å²) in [6, 6.07) is 7.27. The fourth-order valence-electron chi connectivity index (χ4n) is 3.06. The molecule has 0 aliphatic carbocycles. The summed E-state index contributed by atoms with van der Waals surface area (Å²) in [5.74, 6) is 1.49. The molecule has 0 radical (unpaired) electrons. The van der Waals surface area contributed by atoms with Gasteiger partial charge in [-0.3, -0.25) is 9.89 Å². The van der Waals surface area contributed by atoms with Crippen molar-refractivity contribution in [1.29, 1.82) is 0 Å². The van der Waals surface area contributed by atoms with Crippen LogP contribution in [0.3, 0.4) is 0 Å². The van der Waals surface area contributed by atoms with Crippen LogP contribution < -0.4 is 9.47 Å². The first-order valence-electron chi connectivity index (χ1n) is 7.73. The first-order valence-corrected chi connectivity index (χ1v) is 7.73. The van der Waals surface area contributed by atoms with E-state index in [1.54, 1.807) is 38.6 Å². The molecular formula is C17H21N3O3. The van der Waals surface area contributed by atoms with Gasteiger partial charge in [-0.2, -0.15) is 5.10 Å². The minimum atomic E-state index is -0.0232. The van der Waals surface area contributed by atoms with Crippen molar-refractivity contribution in [3.63, 3.8) is 0 Å². The van der Waals surface area contributed by atoms with E-state index in [1.807, 2.05) is 11.0 Å². The maximum atomic E-state index is 12.9. The number of rotatable bonds is 4. The molecule has 1 unspecified atom stereocenters. The number of hydrogen-bond donors (Lipinski definition) is 1. The molecule has 1 fully saturated rings. The highest BCUT2D eigenvalue weighted by Gasteiger charge is 2.28. The predicted molar refractivity (Wildman–Crippen MR) is 86.0 cm³/mol. The van der Waals surface area contributed by atoms with Gasteiger partial charge in [0, 0.05) is 30.9 Å². The number of amides is 1. The van der Waals surface area contributed by atoms with Crippen LogP contribution in [0.1, 0.15) is 34.8 Å². The van der Waals surface area contributed by atoms with E-state index in [9.17, 15) is 4.79 Å². The lowest BCUT2D eigenvalue weighted by atomic mass is 9.94. The second kappa shape index (κ2) is 6.73. The second-order valence-corrected chi connectivity index (χ2v) is 5.67. The van der Waals surface area contributed by atoms with Crippen LogP contribution in [0.5, 0.6) is 11.5 Å². The number of aromatic amines is 1. The average Bonchev–Trinajstić information content (AvgIpc) is 3.15. The van der Waals surface area contributed by atoms with Gasteiger partial charge in [-0.25, -0.2) is 0 Å². The molecule has 0 bridgehead atoms. The van der Waals surface area contributed by atoms with Crippen LogP contribution in [-0.4, -0.2) is 48.3 Å². The molecule has 6 nitrogen and oxygen atoms in total. The van der Waals surface area contributed by atoms with E-state index in [0.29, 0.717) is 29.5 Å². The van der Waals surface area contributed by atoms with Crippen LogP contribution in [-0.2, 0) is 0 Å². The van der Waals surface area contributed by atoms with Gasteiger partial charge in [0.05, 0.1) is 19.8 Å². The number of nitrogens with zero attached hydrogens (tertiary/aromatic N) is 2. The lowest BCUT2D eigenvalue weighted by Gasteiger charge is -2.32. The molecule has 2 heterocycles. The molecule has 1 aromatic carbocycles. The third-order valence-corrected chi connectivity index (χ3v) is 4.31. The largest absolute Gasteiger partial charge is 0.497 e. The van der Waals surface area contributed by atoms with Gasteiger partial charge in [0.25, 0.3) is 5.91 Å². The molecule has 122 valence electrons. The van der Waals surface area contributed by atoms with Crippen LogP contribution in [0.15, 0.2) is 30.5 Å². The topological polar surface area (TPSA) is 67.5 Å². The van der Waals surface area contributed by atoms with Crippen molar-refractivity contribution in [2.24, 2.45) is 0 Å². The molecule has 1 aromatic heterocycles. The molecule has 23 heavy (non-hydrogen) atoms. The summed E-state index contributed by atoms with van der Waals surface area (Å²) in [5.41, 5.74) is 1.62. The average molecular weight is 315 g/mol. The number of likely N-dealkylation sites (tertiary alicyclic amines) is 1. The number of carbonyl (C=O) groups excluding carboxylic acids is 1. The Hall–Kier alpha value is -2.50. The van der Waals surface area contributed by atoms with Crippen LogP contribution in [0.2, 0.25) is 0 Å². The number of nitrogens with one attached hydrogen (secondary N) is 1. The quantitative estimate of drug-likeness (QED) is 0.941. The normalized spacial score (nSPS) is 17.8. The van der Waals surface area contributed by atoms with Crippen molar-refractivity contribution >= 4 is 5.91 Å². The van der Waals surface area contributed by atoms with Crippen molar-refractivity contribution in [2.75, 3.05) is 27.3 Å². The zero-order valence-corrected chi connectivity index (χ0v) is 13.4. The van der Waals surface area contributed by atoms with Gasteiger partial charge in [-0.15, -0.1) is 0 Å². The van der Waals surface area contributed by atoms with Crippen LogP contribution in [0, 0.1) is 0 Å². The summed E-state index contributed by atoms with van der Waals surface area (Å²) in [6.07, 6.45) is 3.78. The lowest BCUT2D eigenvalue weighted by Crippen LogP contribution is -2.39. The smallest absolute Gasteiger partial charge is 0.257 e. The third kappa shape index (κ3) is 3.16. The number of piperidine rings is 1. The summed E-state index contributed by atoms with van der Waals surface area (Å²) < 4.78 is 10.6. The molecule has 1 aliphatic heterocycles. The number of H-pyrrole nitrogens is 1. The van der Waals surface area contributed by atoms with Gasteiger partial charge in [0.2, 0.25) is 0 Å². The number of aromatic nitrogens is 2. The van der Waals surface area contributed by atoms with Gasteiger partial charge < -0.3 is 14.4 Å². The zero-order valence-electron chi connectivity index (χ0n) is 13.4. The van der Waals surface area contributed by atoms with Crippen LogP contribution >= 0.6 is 0 Å². The highest BCUT2D eigenvalue weighted by atomic mass is 16.5. The SMILES string of the molecule is COc1ccc(OC)c(C(=O)N2CCCC(c3ccn[nH]3)C2)c1. The Balaban J connectivity index is 1.82. The Morgan fingerprint density at radius 2 is 2.17 bits per heavy atom. The van der Waals surface area contributed by atoms with Crippen molar-refractivity contribution < 1.29 is 14.3 Å². The summed E-state index contributed by atoms with van der Waals surface area (Å²) in [4.78, 5) is 14.8. The Kier molecular flexibility index (Phi) is 4.50. The molecule has 1 N–H and O–H groups in total. The Morgan fingerprint density at radius 1 is 1.30 bits per heavy atom. The fraction of sp³-hybridized carbons (Fsp3) is 0.412. The molecule has 1 aliphatic rings. The first kappa shape index (κ1) is 15.4.